The highest BCUT2D eigenvalue weighted by Crippen LogP contribution is 2.34. The minimum absolute atomic E-state index is 0.0877. The summed E-state index contributed by atoms with van der Waals surface area (Å²) in [4.78, 5) is 0. The summed E-state index contributed by atoms with van der Waals surface area (Å²) >= 11 is 1.19. The summed E-state index contributed by atoms with van der Waals surface area (Å²) in [5.74, 6) is 0.0877. The number of hydrogen-bond donors (Lipinski definition) is 2. The van der Waals surface area contributed by atoms with E-state index in [0.29, 0.717) is 21.4 Å². The summed E-state index contributed by atoms with van der Waals surface area (Å²) in [7, 11) is 0. The van der Waals surface area contributed by atoms with Crippen LogP contribution in [0.25, 0.3) is 10.6 Å². The minimum Gasteiger partial charge on any atom is -0.507 e. The summed E-state index contributed by atoms with van der Waals surface area (Å²) in [6.07, 6.45) is -4.36. The number of benzene rings is 2. The maximum absolute atomic E-state index is 12.5. The lowest BCUT2D eigenvalue weighted by molar-refractivity contribution is -0.137. The highest BCUT2D eigenvalue weighted by molar-refractivity contribution is 7.18. The van der Waals surface area contributed by atoms with E-state index >= 15 is 0 Å². The van der Waals surface area contributed by atoms with Gasteiger partial charge in [-0.3, -0.25) is 0 Å². The summed E-state index contributed by atoms with van der Waals surface area (Å²) in [6, 6.07) is 11.3. The lowest BCUT2D eigenvalue weighted by Gasteiger charge is -2.07. The van der Waals surface area contributed by atoms with Crippen molar-refractivity contribution in [2.75, 3.05) is 5.32 Å². The second kappa shape index (κ2) is 5.88. The van der Waals surface area contributed by atoms with Crippen LogP contribution in [-0.2, 0) is 6.18 Å². The van der Waals surface area contributed by atoms with E-state index < -0.39 is 11.7 Å². The quantitative estimate of drug-likeness (QED) is 0.729. The lowest BCUT2D eigenvalue weighted by atomic mass is 10.2. The van der Waals surface area contributed by atoms with Crippen molar-refractivity contribution < 1.29 is 18.3 Å². The largest absolute Gasteiger partial charge is 0.507 e. The average molecular weight is 337 g/mol. The van der Waals surface area contributed by atoms with Crippen LogP contribution in [0.1, 0.15) is 5.56 Å². The third kappa shape index (κ3) is 3.42. The Bertz CT molecular complexity index is 815. The summed E-state index contributed by atoms with van der Waals surface area (Å²) < 4.78 is 37.5. The molecule has 0 fully saturated rings. The van der Waals surface area contributed by atoms with Gasteiger partial charge in [0, 0.05) is 5.69 Å². The standard InChI is InChI=1S/C15H10F3N3OS/c16-15(17,18)9-5-7-10(8-6-9)19-14-21-20-13(23-14)11-3-1-2-4-12(11)22/h1-8,22H,(H,19,21). The number of phenolic OH excluding ortho intramolecular Hbond substituents is 1. The molecule has 8 heteroatoms. The number of nitrogens with one attached hydrogen (secondary N) is 1. The van der Waals surface area contributed by atoms with Crippen molar-refractivity contribution in [1.82, 2.24) is 10.2 Å². The number of para-hydroxylation sites is 1. The molecule has 0 saturated carbocycles. The van der Waals surface area contributed by atoms with E-state index in [0.717, 1.165) is 12.1 Å². The molecule has 4 nitrogen and oxygen atoms in total. The van der Waals surface area contributed by atoms with Crippen molar-refractivity contribution in [2.24, 2.45) is 0 Å². The molecule has 0 unspecified atom stereocenters. The molecule has 0 saturated heterocycles. The molecule has 0 bridgehead atoms. The predicted octanol–water partition coefficient (Wildman–Crippen LogP) is 4.67. The maximum atomic E-state index is 12.5. The van der Waals surface area contributed by atoms with Gasteiger partial charge in [-0.2, -0.15) is 13.2 Å². The zero-order chi connectivity index (χ0) is 16.4. The van der Waals surface area contributed by atoms with Crippen molar-refractivity contribution in [3.63, 3.8) is 0 Å². The molecule has 3 aromatic rings. The van der Waals surface area contributed by atoms with Gasteiger partial charge in [-0.15, -0.1) is 10.2 Å². The molecular weight excluding hydrogens is 327 g/mol. The highest BCUT2D eigenvalue weighted by Gasteiger charge is 2.29. The zero-order valence-electron chi connectivity index (χ0n) is 11.5. The van der Waals surface area contributed by atoms with Crippen LogP contribution in [0.4, 0.5) is 24.0 Å². The van der Waals surface area contributed by atoms with Crippen molar-refractivity contribution in [2.45, 2.75) is 6.18 Å². The molecule has 0 aliphatic rings. The van der Waals surface area contributed by atoms with Crippen molar-refractivity contribution in [3.8, 4) is 16.3 Å². The molecule has 0 amide bonds. The second-order valence-electron chi connectivity index (χ2n) is 4.63. The van der Waals surface area contributed by atoms with Crippen LogP contribution < -0.4 is 5.32 Å². The molecule has 3 rings (SSSR count). The Morgan fingerprint density at radius 2 is 1.65 bits per heavy atom. The number of alkyl halides is 3. The Labute approximate surface area is 133 Å². The number of rotatable bonds is 3. The molecule has 2 N–H and O–H groups in total. The van der Waals surface area contributed by atoms with Crippen LogP contribution in [0.5, 0.6) is 5.75 Å². The van der Waals surface area contributed by atoms with Gasteiger partial charge in [-0.25, -0.2) is 0 Å². The number of anilines is 2. The monoisotopic (exact) mass is 337 g/mol. The molecule has 1 heterocycles. The molecule has 0 radical (unpaired) electrons. The Balaban J connectivity index is 1.78. The Hall–Kier alpha value is -2.61. The van der Waals surface area contributed by atoms with Gasteiger partial charge < -0.3 is 10.4 Å². The van der Waals surface area contributed by atoms with Crippen LogP contribution in [0, 0.1) is 0 Å². The Kier molecular flexibility index (Phi) is 3.91. The van der Waals surface area contributed by atoms with Crippen LogP contribution in [0.15, 0.2) is 48.5 Å². The molecule has 23 heavy (non-hydrogen) atoms. The summed E-state index contributed by atoms with van der Waals surface area (Å²) in [5, 5.41) is 21.5. The van der Waals surface area contributed by atoms with Crippen molar-refractivity contribution in [1.29, 1.82) is 0 Å². The van der Waals surface area contributed by atoms with Crippen LogP contribution in [-0.4, -0.2) is 15.3 Å². The SMILES string of the molecule is Oc1ccccc1-c1nnc(Nc2ccc(C(F)(F)F)cc2)s1. The predicted molar refractivity (Wildman–Crippen MR) is 81.7 cm³/mol. The van der Waals surface area contributed by atoms with E-state index in [1.54, 1.807) is 24.3 Å². The smallest absolute Gasteiger partial charge is 0.416 e. The first-order valence-electron chi connectivity index (χ1n) is 6.49. The molecule has 2 aromatic carbocycles. The molecule has 0 atom stereocenters. The minimum atomic E-state index is -4.36. The Morgan fingerprint density at radius 1 is 0.957 bits per heavy atom. The Morgan fingerprint density at radius 3 is 2.30 bits per heavy atom. The van der Waals surface area contributed by atoms with E-state index in [1.165, 1.54) is 23.5 Å². The first-order valence-corrected chi connectivity index (χ1v) is 7.31. The van der Waals surface area contributed by atoms with Crippen LogP contribution in [0.2, 0.25) is 0 Å². The maximum Gasteiger partial charge on any atom is 0.416 e. The lowest BCUT2D eigenvalue weighted by Crippen LogP contribution is -2.04. The average Bonchev–Trinajstić information content (AvgIpc) is 2.95. The number of phenols is 1. The topological polar surface area (TPSA) is 58.0 Å². The summed E-state index contributed by atoms with van der Waals surface area (Å²) in [6.45, 7) is 0. The van der Waals surface area contributed by atoms with Crippen molar-refractivity contribution >= 4 is 22.2 Å². The van der Waals surface area contributed by atoms with Crippen molar-refractivity contribution in [3.05, 3.63) is 54.1 Å². The number of halogens is 3. The first-order chi connectivity index (χ1) is 10.9. The van der Waals surface area contributed by atoms with E-state index in [-0.39, 0.29) is 5.75 Å². The van der Waals surface area contributed by atoms with Gasteiger partial charge >= 0.3 is 6.18 Å². The third-order valence-electron chi connectivity index (χ3n) is 3.02. The number of aromatic hydroxyl groups is 1. The molecule has 0 aliphatic heterocycles. The fraction of sp³-hybridized carbons (Fsp3) is 0.0667. The molecule has 0 spiro atoms. The fourth-order valence-electron chi connectivity index (χ4n) is 1.90. The van der Waals surface area contributed by atoms with Crippen LogP contribution in [0.3, 0.4) is 0 Å². The molecular formula is C15H10F3N3OS. The fourth-order valence-corrected chi connectivity index (χ4v) is 2.70. The molecule has 118 valence electrons. The highest BCUT2D eigenvalue weighted by atomic mass is 32.1. The number of hydrogen-bond acceptors (Lipinski definition) is 5. The van der Waals surface area contributed by atoms with Gasteiger partial charge in [-0.05, 0) is 36.4 Å². The number of nitrogens with zero attached hydrogens (tertiary/aromatic N) is 2. The van der Waals surface area contributed by atoms with Gasteiger partial charge in [0.05, 0.1) is 11.1 Å². The van der Waals surface area contributed by atoms with Gasteiger partial charge in [0.1, 0.15) is 5.75 Å². The zero-order valence-corrected chi connectivity index (χ0v) is 12.3. The van der Waals surface area contributed by atoms with E-state index in [1.807, 2.05) is 0 Å². The molecule has 1 aromatic heterocycles. The number of aromatic nitrogens is 2. The second-order valence-corrected chi connectivity index (χ2v) is 5.61. The molecule has 0 aliphatic carbocycles. The van der Waals surface area contributed by atoms with Gasteiger partial charge in [0.15, 0.2) is 5.01 Å². The van der Waals surface area contributed by atoms with Gasteiger partial charge in [0.25, 0.3) is 0 Å². The van der Waals surface area contributed by atoms with Crippen LogP contribution >= 0.6 is 11.3 Å². The third-order valence-corrected chi connectivity index (χ3v) is 3.89. The van der Waals surface area contributed by atoms with E-state index in [9.17, 15) is 18.3 Å². The normalized spacial score (nSPS) is 11.4. The van der Waals surface area contributed by atoms with Gasteiger partial charge in [0.2, 0.25) is 5.13 Å². The van der Waals surface area contributed by atoms with E-state index in [4.69, 9.17) is 0 Å². The summed E-state index contributed by atoms with van der Waals surface area (Å²) in [5.41, 5.74) is 0.304. The van der Waals surface area contributed by atoms with Gasteiger partial charge in [-0.1, -0.05) is 23.5 Å². The van der Waals surface area contributed by atoms with E-state index in [2.05, 4.69) is 15.5 Å². The first kappa shape index (κ1) is 15.3.